The van der Waals surface area contributed by atoms with Crippen molar-refractivity contribution in [1.82, 2.24) is 14.3 Å². The highest BCUT2D eigenvalue weighted by Gasteiger charge is 2.14. The summed E-state index contributed by atoms with van der Waals surface area (Å²) in [4.78, 5) is 12.0. The highest BCUT2D eigenvalue weighted by molar-refractivity contribution is 9.10. The maximum Gasteiger partial charge on any atom is 0.228 e. The van der Waals surface area contributed by atoms with Crippen LogP contribution in [0.25, 0.3) is 0 Å². The fraction of sp³-hybridized carbons (Fsp3) is 0.400. The number of pyridine rings is 1. The molecule has 0 radical (unpaired) electrons. The molecule has 5 nitrogen and oxygen atoms in total. The number of ether oxygens (including phenoxy) is 1. The Morgan fingerprint density at radius 2 is 2.32 bits per heavy atom. The average Bonchev–Trinajstić information content (AvgIpc) is 3.03. The van der Waals surface area contributed by atoms with Crippen molar-refractivity contribution in [2.75, 3.05) is 13.6 Å². The number of halogens is 1. The van der Waals surface area contributed by atoms with Crippen LogP contribution in [0.1, 0.15) is 30.5 Å². The molecular weight excluding hydrogens is 364 g/mol. The number of aromatic nitrogens is 2. The fourth-order valence-corrected chi connectivity index (χ4v) is 2.63. The summed E-state index contributed by atoms with van der Waals surface area (Å²) in [5.74, 6) is 0.571. The van der Waals surface area contributed by atoms with Crippen LogP contribution >= 0.6 is 27.5 Å². The summed E-state index contributed by atoms with van der Waals surface area (Å²) in [6.07, 6.45) is 3.49. The second kappa shape index (κ2) is 7.69. The topological polar surface area (TPSA) is 50.6 Å². The van der Waals surface area contributed by atoms with Gasteiger partial charge in [-0.3, -0.25) is 0 Å². The molecule has 0 saturated carbocycles. The number of rotatable bonds is 6. The van der Waals surface area contributed by atoms with Crippen LogP contribution in [-0.2, 0) is 0 Å². The highest BCUT2D eigenvalue weighted by atomic mass is 79.9. The highest BCUT2D eigenvalue weighted by Crippen LogP contribution is 2.32. The zero-order valence-corrected chi connectivity index (χ0v) is 15.5. The van der Waals surface area contributed by atoms with Gasteiger partial charge in [0.2, 0.25) is 5.88 Å². The molecule has 0 fully saturated rings. The molecule has 2 rings (SSSR count). The summed E-state index contributed by atoms with van der Waals surface area (Å²) in [7, 11) is 1.98. The van der Waals surface area contributed by atoms with Gasteiger partial charge in [-0.15, -0.1) is 0 Å². The smallest absolute Gasteiger partial charge is 0.228 e. The van der Waals surface area contributed by atoms with Gasteiger partial charge < -0.3 is 9.64 Å². The minimum absolute atomic E-state index is 0.0868. The standard InChI is InChI=1S/C15H19BrN4OS/c1-5-20(4)9-17-13-8-12(16)15(19-10(13)2)21-11(3)14-6-7-18-22-14/h6-9,11H,5H2,1-4H3. The first-order valence-electron chi connectivity index (χ1n) is 7.00. The molecule has 0 bridgehead atoms. The van der Waals surface area contributed by atoms with Gasteiger partial charge in [-0.05, 0) is 60.4 Å². The van der Waals surface area contributed by atoms with Crippen molar-refractivity contribution in [3.8, 4) is 5.88 Å². The van der Waals surface area contributed by atoms with Gasteiger partial charge in [-0.2, -0.15) is 0 Å². The normalized spacial score (nSPS) is 12.6. The third kappa shape index (κ3) is 4.27. The van der Waals surface area contributed by atoms with Crippen LogP contribution in [0.15, 0.2) is 27.8 Å². The molecule has 0 spiro atoms. The minimum atomic E-state index is -0.0868. The number of nitrogens with zero attached hydrogens (tertiary/aromatic N) is 4. The molecule has 7 heteroatoms. The van der Waals surface area contributed by atoms with Crippen molar-refractivity contribution in [2.45, 2.75) is 26.9 Å². The molecule has 0 N–H and O–H groups in total. The SMILES string of the molecule is CCN(C)C=Nc1cc(Br)c(OC(C)c2ccns2)nc1C. The molecule has 2 aromatic rings. The van der Waals surface area contributed by atoms with E-state index >= 15 is 0 Å². The van der Waals surface area contributed by atoms with Crippen molar-refractivity contribution in [2.24, 2.45) is 4.99 Å². The van der Waals surface area contributed by atoms with Gasteiger partial charge in [0.1, 0.15) is 6.10 Å². The second-order valence-corrected chi connectivity index (χ2v) is 6.59. The molecule has 0 aliphatic heterocycles. The molecule has 0 aliphatic rings. The van der Waals surface area contributed by atoms with Crippen molar-refractivity contribution in [1.29, 1.82) is 0 Å². The van der Waals surface area contributed by atoms with E-state index in [0.29, 0.717) is 5.88 Å². The molecule has 0 aromatic carbocycles. The molecule has 118 valence electrons. The fourth-order valence-electron chi connectivity index (χ4n) is 1.67. The van der Waals surface area contributed by atoms with Crippen molar-refractivity contribution in [3.63, 3.8) is 0 Å². The van der Waals surface area contributed by atoms with Gasteiger partial charge in [0.25, 0.3) is 0 Å². The summed E-state index contributed by atoms with van der Waals surface area (Å²) in [6, 6.07) is 3.88. The lowest BCUT2D eigenvalue weighted by molar-refractivity contribution is 0.219. The zero-order valence-electron chi connectivity index (χ0n) is 13.1. The molecule has 1 unspecified atom stereocenters. The first kappa shape index (κ1) is 16.9. The van der Waals surface area contributed by atoms with Crippen LogP contribution in [0.5, 0.6) is 5.88 Å². The Morgan fingerprint density at radius 3 is 2.95 bits per heavy atom. The van der Waals surface area contributed by atoms with Crippen LogP contribution in [0.3, 0.4) is 0 Å². The van der Waals surface area contributed by atoms with Gasteiger partial charge in [-0.25, -0.2) is 14.3 Å². The largest absolute Gasteiger partial charge is 0.468 e. The van der Waals surface area contributed by atoms with Crippen molar-refractivity contribution in [3.05, 3.63) is 33.4 Å². The summed E-state index contributed by atoms with van der Waals surface area (Å²) < 4.78 is 10.8. The molecule has 2 aromatic heterocycles. The maximum absolute atomic E-state index is 5.92. The molecule has 0 saturated heterocycles. The second-order valence-electron chi connectivity index (χ2n) is 4.87. The Kier molecular flexibility index (Phi) is 5.90. The van der Waals surface area contributed by atoms with Crippen molar-refractivity contribution >= 4 is 39.5 Å². The number of aryl methyl sites for hydroxylation is 1. The van der Waals surface area contributed by atoms with E-state index in [1.54, 1.807) is 12.5 Å². The molecule has 2 heterocycles. The Hall–Kier alpha value is -1.47. The van der Waals surface area contributed by atoms with Gasteiger partial charge in [0.15, 0.2) is 0 Å². The van der Waals surface area contributed by atoms with Crippen LogP contribution in [0, 0.1) is 6.92 Å². The van der Waals surface area contributed by atoms with Gasteiger partial charge >= 0.3 is 0 Å². The van der Waals surface area contributed by atoms with E-state index in [2.05, 4.69) is 37.2 Å². The number of hydrogen-bond donors (Lipinski definition) is 0. The Balaban J connectivity index is 2.17. The minimum Gasteiger partial charge on any atom is -0.468 e. The Bertz CT molecular complexity index is 645. The Labute approximate surface area is 143 Å². The monoisotopic (exact) mass is 382 g/mol. The first-order valence-corrected chi connectivity index (χ1v) is 8.56. The lowest BCUT2D eigenvalue weighted by atomic mass is 10.3. The quantitative estimate of drug-likeness (QED) is 0.549. The molecular formula is C15H19BrN4OS. The van der Waals surface area contributed by atoms with Gasteiger partial charge in [-0.1, -0.05) is 0 Å². The third-order valence-electron chi connectivity index (χ3n) is 3.15. The van der Waals surface area contributed by atoms with Crippen LogP contribution in [0.2, 0.25) is 0 Å². The predicted molar refractivity (Wildman–Crippen MR) is 94.3 cm³/mol. The summed E-state index contributed by atoms with van der Waals surface area (Å²) in [5, 5.41) is 0. The van der Waals surface area contributed by atoms with E-state index in [1.165, 1.54) is 11.5 Å². The zero-order chi connectivity index (χ0) is 16.1. The summed E-state index contributed by atoms with van der Waals surface area (Å²) >= 11 is 4.94. The number of hydrogen-bond acceptors (Lipinski definition) is 5. The van der Waals surface area contributed by atoms with E-state index in [1.807, 2.05) is 37.9 Å². The third-order valence-corrected chi connectivity index (χ3v) is 4.62. The van der Waals surface area contributed by atoms with Crippen LogP contribution in [-0.4, -0.2) is 34.2 Å². The van der Waals surface area contributed by atoms with Crippen molar-refractivity contribution < 1.29 is 4.74 Å². The van der Waals surface area contributed by atoms with E-state index in [0.717, 1.165) is 27.3 Å². The lowest BCUT2D eigenvalue weighted by Crippen LogP contribution is -2.14. The van der Waals surface area contributed by atoms with E-state index in [4.69, 9.17) is 4.74 Å². The predicted octanol–water partition coefficient (Wildman–Crippen LogP) is 4.36. The maximum atomic E-state index is 5.92. The van der Waals surface area contributed by atoms with Gasteiger partial charge in [0.05, 0.1) is 27.1 Å². The molecule has 0 aliphatic carbocycles. The summed E-state index contributed by atoms with van der Waals surface area (Å²) in [6.45, 7) is 6.89. The lowest BCUT2D eigenvalue weighted by Gasteiger charge is -2.14. The molecule has 0 amide bonds. The van der Waals surface area contributed by atoms with Crippen LogP contribution < -0.4 is 4.74 Å². The summed E-state index contributed by atoms with van der Waals surface area (Å²) in [5.41, 5.74) is 1.65. The van der Waals surface area contributed by atoms with Gasteiger partial charge in [0, 0.05) is 19.8 Å². The van der Waals surface area contributed by atoms with E-state index in [9.17, 15) is 0 Å². The Morgan fingerprint density at radius 1 is 1.55 bits per heavy atom. The van der Waals surface area contributed by atoms with E-state index < -0.39 is 0 Å². The van der Waals surface area contributed by atoms with Crippen LogP contribution in [0.4, 0.5) is 5.69 Å². The average molecular weight is 383 g/mol. The van der Waals surface area contributed by atoms with E-state index in [-0.39, 0.29) is 6.10 Å². The number of aliphatic imine (C=N–C) groups is 1. The first-order chi connectivity index (χ1) is 10.5. The molecule has 22 heavy (non-hydrogen) atoms. The molecule has 1 atom stereocenters.